The van der Waals surface area contributed by atoms with E-state index in [0.29, 0.717) is 0 Å². The van der Waals surface area contributed by atoms with Crippen molar-refractivity contribution in [3.8, 4) is 0 Å². The Morgan fingerprint density at radius 1 is 1.17 bits per heavy atom. The van der Waals surface area contributed by atoms with Gasteiger partial charge in [0, 0.05) is 24.8 Å². The Morgan fingerprint density at radius 3 is 2.29 bits per heavy atom. The number of rotatable bonds is 8. The Kier molecular flexibility index (Phi) is 6.63. The average molecular weight is 354 g/mol. The van der Waals surface area contributed by atoms with E-state index in [1.54, 1.807) is 12.1 Å². The van der Waals surface area contributed by atoms with Gasteiger partial charge in [0.25, 0.3) is 0 Å². The molecule has 0 saturated heterocycles. The molecule has 1 heterocycles. The molecule has 1 aliphatic rings. The van der Waals surface area contributed by atoms with Crippen LogP contribution >= 0.6 is 0 Å². The summed E-state index contributed by atoms with van der Waals surface area (Å²) in [6, 6.07) is 3.25. The summed E-state index contributed by atoms with van der Waals surface area (Å²) in [5.41, 5.74) is 0. The first kappa shape index (κ1) is 19.2. The van der Waals surface area contributed by atoms with Gasteiger partial charge in [-0.15, -0.1) is 0 Å². The van der Waals surface area contributed by atoms with Crippen molar-refractivity contribution in [1.82, 2.24) is 9.29 Å². The van der Waals surface area contributed by atoms with Crippen molar-refractivity contribution >= 4 is 15.8 Å². The molecule has 1 saturated carbocycles. The second kappa shape index (κ2) is 8.30. The molecule has 24 heavy (non-hydrogen) atoms. The Balaban J connectivity index is 1.99. The first-order chi connectivity index (χ1) is 11.3. The van der Waals surface area contributed by atoms with Crippen LogP contribution < -0.4 is 5.32 Å². The summed E-state index contributed by atoms with van der Waals surface area (Å²) >= 11 is 0. The third-order valence-corrected chi connectivity index (χ3v) is 6.90. The van der Waals surface area contributed by atoms with E-state index in [2.05, 4.69) is 10.3 Å². The molecule has 1 aromatic heterocycles. The van der Waals surface area contributed by atoms with Crippen molar-refractivity contribution in [3.63, 3.8) is 0 Å². The quantitative estimate of drug-likeness (QED) is 0.770. The fraction of sp³-hybridized carbons (Fsp3) is 0.722. The lowest BCUT2D eigenvalue weighted by Crippen LogP contribution is -2.41. The topological polar surface area (TPSA) is 62.3 Å². The van der Waals surface area contributed by atoms with E-state index in [9.17, 15) is 8.42 Å². The number of anilines is 1. The first-order valence-electron chi connectivity index (χ1n) is 9.06. The number of hydrogen-bond acceptors (Lipinski definition) is 4. The molecule has 0 radical (unpaired) electrons. The summed E-state index contributed by atoms with van der Waals surface area (Å²) in [6.45, 7) is 8.47. The summed E-state index contributed by atoms with van der Waals surface area (Å²) in [5, 5.41) is 3.31. The van der Waals surface area contributed by atoms with Crippen molar-refractivity contribution in [2.24, 2.45) is 5.92 Å². The fourth-order valence-electron chi connectivity index (χ4n) is 3.61. The molecule has 6 heteroatoms. The predicted octanol–water partition coefficient (Wildman–Crippen LogP) is 3.88. The van der Waals surface area contributed by atoms with Gasteiger partial charge in [-0.3, -0.25) is 0 Å². The van der Waals surface area contributed by atoms with E-state index in [1.807, 2.05) is 27.7 Å². The minimum Gasteiger partial charge on any atom is -0.370 e. The number of pyridine rings is 1. The highest BCUT2D eigenvalue weighted by Crippen LogP contribution is 2.27. The zero-order valence-electron chi connectivity index (χ0n) is 15.3. The summed E-state index contributed by atoms with van der Waals surface area (Å²) < 4.78 is 27.1. The lowest BCUT2D eigenvalue weighted by Gasteiger charge is -2.29. The molecular weight excluding hydrogens is 322 g/mol. The lowest BCUT2D eigenvalue weighted by atomic mass is 10.0. The maximum absolute atomic E-state index is 12.8. The number of sulfonamides is 1. The normalized spacial score (nSPS) is 16.5. The van der Waals surface area contributed by atoms with E-state index in [0.717, 1.165) is 24.7 Å². The Labute approximate surface area is 146 Å². The van der Waals surface area contributed by atoms with E-state index in [1.165, 1.54) is 36.2 Å². The van der Waals surface area contributed by atoms with Gasteiger partial charge in [0.2, 0.25) is 10.0 Å². The second-order valence-corrected chi connectivity index (χ2v) is 9.11. The molecule has 2 rings (SSSR count). The smallest absolute Gasteiger partial charge is 0.245 e. The van der Waals surface area contributed by atoms with Crippen molar-refractivity contribution in [3.05, 3.63) is 18.3 Å². The van der Waals surface area contributed by atoms with Crippen LogP contribution in [0.25, 0.3) is 0 Å². The van der Waals surface area contributed by atoms with E-state index in [-0.39, 0.29) is 17.0 Å². The minimum atomic E-state index is -3.51. The van der Waals surface area contributed by atoms with Gasteiger partial charge in [-0.2, -0.15) is 4.31 Å². The van der Waals surface area contributed by atoms with Gasteiger partial charge in [-0.05, 0) is 52.2 Å². The fourth-order valence-corrected chi connectivity index (χ4v) is 5.39. The number of nitrogens with zero attached hydrogens (tertiary/aromatic N) is 2. The maximum atomic E-state index is 12.8. The van der Waals surface area contributed by atoms with E-state index >= 15 is 0 Å². The molecule has 0 amide bonds. The molecule has 0 atom stereocenters. The molecule has 1 N–H and O–H groups in total. The molecule has 0 aliphatic heterocycles. The van der Waals surface area contributed by atoms with E-state index in [4.69, 9.17) is 0 Å². The molecule has 0 aromatic carbocycles. The van der Waals surface area contributed by atoms with Crippen molar-refractivity contribution < 1.29 is 8.42 Å². The van der Waals surface area contributed by atoms with Crippen molar-refractivity contribution in [2.75, 3.05) is 11.9 Å². The molecule has 1 aliphatic carbocycles. The largest absolute Gasteiger partial charge is 0.370 e. The SMILES string of the molecule is CC(C)N(C(C)C)S(=O)(=O)c1ccc(NCCC2CCCC2)nc1. The van der Waals surface area contributed by atoms with Gasteiger partial charge in [0.15, 0.2) is 0 Å². The standard InChI is InChI=1S/C18H31N3O2S/c1-14(2)21(15(3)4)24(22,23)17-9-10-18(20-13-17)19-12-11-16-7-5-6-8-16/h9-10,13-16H,5-8,11-12H2,1-4H3,(H,19,20). The molecule has 5 nitrogen and oxygen atoms in total. The van der Waals surface area contributed by atoms with Crippen LogP contribution in [0.4, 0.5) is 5.82 Å². The van der Waals surface area contributed by atoms with Gasteiger partial charge in [0.1, 0.15) is 10.7 Å². The van der Waals surface area contributed by atoms with Gasteiger partial charge in [0.05, 0.1) is 0 Å². The molecule has 0 unspecified atom stereocenters. The summed E-state index contributed by atoms with van der Waals surface area (Å²) in [4.78, 5) is 4.55. The van der Waals surface area contributed by atoms with Crippen LogP contribution in [0.5, 0.6) is 0 Å². The molecule has 1 aromatic rings. The van der Waals surface area contributed by atoms with E-state index < -0.39 is 10.0 Å². The maximum Gasteiger partial charge on any atom is 0.245 e. The van der Waals surface area contributed by atoms with Gasteiger partial charge < -0.3 is 5.32 Å². The molecule has 1 fully saturated rings. The average Bonchev–Trinajstić information content (AvgIpc) is 3.00. The summed E-state index contributed by atoms with van der Waals surface area (Å²) in [6.07, 6.45) is 8.02. The van der Waals surface area contributed by atoms with Crippen LogP contribution in [-0.4, -0.2) is 36.3 Å². The van der Waals surface area contributed by atoms with Crippen LogP contribution in [0.1, 0.15) is 59.8 Å². The molecular formula is C18H31N3O2S. The highest BCUT2D eigenvalue weighted by Gasteiger charge is 2.29. The molecule has 0 spiro atoms. The van der Waals surface area contributed by atoms with Crippen LogP contribution in [0.15, 0.2) is 23.2 Å². The van der Waals surface area contributed by atoms with Gasteiger partial charge in [-0.1, -0.05) is 25.7 Å². The van der Waals surface area contributed by atoms with Crippen LogP contribution in [0, 0.1) is 5.92 Å². The second-order valence-electron chi connectivity index (χ2n) is 7.27. The van der Waals surface area contributed by atoms with Crippen molar-refractivity contribution in [1.29, 1.82) is 0 Å². The molecule has 0 bridgehead atoms. The number of hydrogen-bond donors (Lipinski definition) is 1. The van der Waals surface area contributed by atoms with Crippen LogP contribution in [-0.2, 0) is 10.0 Å². The monoisotopic (exact) mass is 353 g/mol. The van der Waals surface area contributed by atoms with Crippen molar-refractivity contribution in [2.45, 2.75) is 76.8 Å². The minimum absolute atomic E-state index is 0.0841. The lowest BCUT2D eigenvalue weighted by molar-refractivity contribution is 0.302. The van der Waals surface area contributed by atoms with Crippen LogP contribution in [0.3, 0.4) is 0 Å². The Bertz CT molecular complexity index is 598. The third kappa shape index (κ3) is 4.70. The zero-order chi connectivity index (χ0) is 17.7. The Morgan fingerprint density at radius 2 is 1.79 bits per heavy atom. The van der Waals surface area contributed by atoms with Gasteiger partial charge in [-0.25, -0.2) is 13.4 Å². The number of nitrogens with one attached hydrogen (secondary N) is 1. The van der Waals surface area contributed by atoms with Gasteiger partial charge >= 0.3 is 0 Å². The summed E-state index contributed by atoms with van der Waals surface area (Å²) in [5.74, 6) is 1.58. The highest BCUT2D eigenvalue weighted by molar-refractivity contribution is 7.89. The predicted molar refractivity (Wildman–Crippen MR) is 98.6 cm³/mol. The third-order valence-electron chi connectivity index (χ3n) is 4.66. The summed E-state index contributed by atoms with van der Waals surface area (Å²) in [7, 11) is -3.51. The first-order valence-corrected chi connectivity index (χ1v) is 10.5. The number of aromatic nitrogens is 1. The zero-order valence-corrected chi connectivity index (χ0v) is 16.1. The Hall–Kier alpha value is -1.14. The highest BCUT2D eigenvalue weighted by atomic mass is 32.2. The van der Waals surface area contributed by atoms with Crippen LogP contribution in [0.2, 0.25) is 0 Å². The molecule has 136 valence electrons.